The lowest BCUT2D eigenvalue weighted by atomic mass is 9.90. The van der Waals surface area contributed by atoms with Crippen LogP contribution in [0.15, 0.2) is 18.2 Å². The molecule has 0 saturated carbocycles. The van der Waals surface area contributed by atoms with E-state index in [0.29, 0.717) is 22.4 Å². The van der Waals surface area contributed by atoms with E-state index in [-0.39, 0.29) is 0 Å². The van der Waals surface area contributed by atoms with Crippen molar-refractivity contribution in [3.63, 3.8) is 0 Å². The first kappa shape index (κ1) is 16.8. The molecule has 0 aromatic heterocycles. The van der Waals surface area contributed by atoms with Gasteiger partial charge in [0.2, 0.25) is 0 Å². The number of carbonyl (C=O) groups is 1. The van der Waals surface area contributed by atoms with E-state index in [9.17, 15) is 4.79 Å². The van der Waals surface area contributed by atoms with Gasteiger partial charge < -0.3 is 9.69 Å². The van der Waals surface area contributed by atoms with Crippen LogP contribution >= 0.6 is 23.2 Å². The molecule has 0 N–H and O–H groups in total. The number of nitrogens with zero attached hydrogens (tertiary/aromatic N) is 1. The second kappa shape index (κ2) is 8.17. The zero-order chi connectivity index (χ0) is 15.2. The summed E-state index contributed by atoms with van der Waals surface area (Å²) in [6.07, 6.45) is 5.21. The summed E-state index contributed by atoms with van der Waals surface area (Å²) in [7, 11) is 0. The summed E-state index contributed by atoms with van der Waals surface area (Å²) in [6, 6.07) is 5.95. The molecule has 0 radical (unpaired) electrons. The number of halogens is 2. The Hall–Kier alpha value is -0.570. The van der Waals surface area contributed by atoms with Crippen molar-refractivity contribution in [1.82, 2.24) is 4.90 Å². The zero-order valence-electron chi connectivity index (χ0n) is 12.5. The van der Waals surface area contributed by atoms with Crippen molar-refractivity contribution < 1.29 is 4.79 Å². The van der Waals surface area contributed by atoms with Crippen molar-refractivity contribution in [2.24, 2.45) is 11.8 Å². The average molecular weight is 328 g/mol. The maximum Gasteiger partial charge on any atom is 0.120 e. The molecular formula is C17H23Cl2NO. The molecule has 1 aromatic rings. The number of benzene rings is 1. The third-order valence-corrected chi connectivity index (χ3v) is 5.02. The lowest BCUT2D eigenvalue weighted by molar-refractivity contribution is -0.108. The molecule has 1 saturated heterocycles. The number of aldehydes is 1. The molecule has 1 fully saturated rings. The highest BCUT2D eigenvalue weighted by atomic mass is 35.5. The van der Waals surface area contributed by atoms with Crippen molar-refractivity contribution in [2.75, 3.05) is 19.6 Å². The van der Waals surface area contributed by atoms with Crippen LogP contribution in [0.4, 0.5) is 0 Å². The Kier molecular flexibility index (Phi) is 6.53. The second-order valence-corrected chi connectivity index (χ2v) is 7.02. The summed E-state index contributed by atoms with van der Waals surface area (Å²) in [5, 5.41) is 1.27. The molecular weight excluding hydrogens is 305 g/mol. The van der Waals surface area contributed by atoms with Crippen LogP contribution in [0, 0.1) is 11.8 Å². The zero-order valence-corrected chi connectivity index (χ0v) is 14.0. The molecule has 1 aromatic carbocycles. The Labute approximate surface area is 137 Å². The van der Waals surface area contributed by atoms with Gasteiger partial charge in [-0.2, -0.15) is 0 Å². The van der Waals surface area contributed by atoms with E-state index in [4.69, 9.17) is 23.2 Å². The number of carbonyl (C=O) groups excluding carboxylic acids is 1. The van der Waals surface area contributed by atoms with Gasteiger partial charge in [0.05, 0.1) is 10.0 Å². The third-order valence-electron chi connectivity index (χ3n) is 4.28. The van der Waals surface area contributed by atoms with Crippen molar-refractivity contribution in [2.45, 2.75) is 32.6 Å². The molecule has 2 nitrogen and oxygen atoms in total. The van der Waals surface area contributed by atoms with Gasteiger partial charge in [-0.05, 0) is 61.9 Å². The highest BCUT2D eigenvalue weighted by molar-refractivity contribution is 6.42. The van der Waals surface area contributed by atoms with E-state index < -0.39 is 0 Å². The number of hydrogen-bond acceptors (Lipinski definition) is 2. The minimum Gasteiger partial charge on any atom is -0.303 e. The quantitative estimate of drug-likeness (QED) is 0.718. The lowest BCUT2D eigenvalue weighted by Gasteiger charge is -2.33. The van der Waals surface area contributed by atoms with Gasteiger partial charge in [-0.3, -0.25) is 0 Å². The van der Waals surface area contributed by atoms with E-state index in [1.54, 1.807) is 0 Å². The first-order valence-electron chi connectivity index (χ1n) is 7.68. The maximum absolute atomic E-state index is 10.5. The molecule has 116 valence electrons. The fraction of sp³-hybridized carbons (Fsp3) is 0.588. The van der Waals surface area contributed by atoms with E-state index in [2.05, 4.69) is 17.9 Å². The van der Waals surface area contributed by atoms with E-state index in [1.165, 1.54) is 18.4 Å². The Morgan fingerprint density at radius 3 is 2.62 bits per heavy atom. The van der Waals surface area contributed by atoms with Crippen LogP contribution in [-0.2, 0) is 11.2 Å². The predicted octanol–water partition coefficient (Wildman–Crippen LogP) is 4.47. The average Bonchev–Trinajstić information content (AvgIpc) is 2.45. The van der Waals surface area contributed by atoms with Gasteiger partial charge >= 0.3 is 0 Å². The molecule has 1 heterocycles. The molecule has 2 rings (SSSR count). The van der Waals surface area contributed by atoms with Gasteiger partial charge in [0.15, 0.2) is 0 Å². The van der Waals surface area contributed by atoms with E-state index in [0.717, 1.165) is 38.3 Å². The molecule has 4 heteroatoms. The molecule has 1 aliphatic rings. The summed E-state index contributed by atoms with van der Waals surface area (Å²) in [6.45, 7) is 5.46. The van der Waals surface area contributed by atoms with Crippen LogP contribution in [0.2, 0.25) is 10.0 Å². The summed E-state index contributed by atoms with van der Waals surface area (Å²) >= 11 is 12.0. The fourth-order valence-electron chi connectivity index (χ4n) is 3.05. The Morgan fingerprint density at radius 1 is 1.29 bits per heavy atom. The van der Waals surface area contributed by atoms with Crippen LogP contribution in [0.5, 0.6) is 0 Å². The minimum atomic E-state index is 0.467. The normalized spacial score (nSPS) is 18.6. The molecule has 1 atom stereocenters. The Morgan fingerprint density at radius 2 is 2.00 bits per heavy atom. The number of rotatable bonds is 6. The van der Waals surface area contributed by atoms with Crippen LogP contribution in [0.3, 0.4) is 0 Å². The topological polar surface area (TPSA) is 20.3 Å². The predicted molar refractivity (Wildman–Crippen MR) is 89.2 cm³/mol. The monoisotopic (exact) mass is 327 g/mol. The van der Waals surface area contributed by atoms with Gasteiger partial charge in [0.1, 0.15) is 6.29 Å². The summed E-state index contributed by atoms with van der Waals surface area (Å²) in [4.78, 5) is 13.0. The Bertz CT molecular complexity index is 470. The largest absolute Gasteiger partial charge is 0.303 e. The number of piperidine rings is 1. The smallest absolute Gasteiger partial charge is 0.120 e. The first-order chi connectivity index (χ1) is 10.1. The van der Waals surface area contributed by atoms with Gasteiger partial charge in [0, 0.05) is 13.0 Å². The minimum absolute atomic E-state index is 0.467. The molecule has 0 amide bonds. The number of hydrogen-bond donors (Lipinski definition) is 0. The van der Waals surface area contributed by atoms with E-state index >= 15 is 0 Å². The third kappa shape index (κ3) is 5.28. The SMILES string of the molecule is CC(CC=O)CN1CCC(Cc2ccc(Cl)c(Cl)c2)CC1. The molecule has 0 bridgehead atoms. The van der Waals surface area contributed by atoms with Crippen LogP contribution in [0.25, 0.3) is 0 Å². The van der Waals surface area contributed by atoms with Crippen molar-refractivity contribution in [3.05, 3.63) is 33.8 Å². The van der Waals surface area contributed by atoms with Gasteiger partial charge in [-0.15, -0.1) is 0 Å². The van der Waals surface area contributed by atoms with Gasteiger partial charge in [-0.25, -0.2) is 0 Å². The molecule has 1 unspecified atom stereocenters. The van der Waals surface area contributed by atoms with Crippen molar-refractivity contribution in [1.29, 1.82) is 0 Å². The first-order valence-corrected chi connectivity index (χ1v) is 8.44. The van der Waals surface area contributed by atoms with Crippen LogP contribution in [-0.4, -0.2) is 30.8 Å². The van der Waals surface area contributed by atoms with Crippen molar-refractivity contribution >= 4 is 29.5 Å². The van der Waals surface area contributed by atoms with Crippen LogP contribution < -0.4 is 0 Å². The van der Waals surface area contributed by atoms with Crippen molar-refractivity contribution in [3.8, 4) is 0 Å². The Balaban J connectivity index is 1.78. The highest BCUT2D eigenvalue weighted by Gasteiger charge is 2.20. The summed E-state index contributed by atoms with van der Waals surface area (Å²) < 4.78 is 0. The van der Waals surface area contributed by atoms with Crippen LogP contribution in [0.1, 0.15) is 31.7 Å². The maximum atomic E-state index is 10.5. The molecule has 0 spiro atoms. The lowest BCUT2D eigenvalue weighted by Crippen LogP contribution is -2.37. The molecule has 21 heavy (non-hydrogen) atoms. The van der Waals surface area contributed by atoms with Gasteiger partial charge in [-0.1, -0.05) is 36.2 Å². The summed E-state index contributed by atoms with van der Waals surface area (Å²) in [5.41, 5.74) is 1.28. The van der Waals surface area contributed by atoms with E-state index in [1.807, 2.05) is 12.1 Å². The second-order valence-electron chi connectivity index (χ2n) is 6.20. The fourth-order valence-corrected chi connectivity index (χ4v) is 3.37. The molecule has 1 aliphatic heterocycles. The summed E-state index contributed by atoms with van der Waals surface area (Å²) in [5.74, 6) is 1.19. The highest BCUT2D eigenvalue weighted by Crippen LogP contribution is 2.27. The molecule has 0 aliphatic carbocycles. The standard InChI is InChI=1S/C17H23Cl2NO/c1-13(6-9-21)12-20-7-4-14(5-8-20)10-15-2-3-16(18)17(19)11-15/h2-3,9,11,13-14H,4-8,10,12H2,1H3. The van der Waals surface area contributed by atoms with Gasteiger partial charge in [0.25, 0.3) is 0 Å². The number of likely N-dealkylation sites (tertiary alicyclic amines) is 1.